The standard InChI is InChI=1S/C17H14FN3O/c18-15-8-6-13(7-9-15)10-16(21-12-19-11-20-21)17(22)14-4-2-1-3-5-14/h1-9,11-12,16H,10H2. The number of rotatable bonds is 5. The van der Waals surface area contributed by atoms with Crippen LogP contribution in [0, 0.1) is 5.82 Å². The van der Waals surface area contributed by atoms with E-state index in [0.717, 1.165) is 5.56 Å². The van der Waals surface area contributed by atoms with Gasteiger partial charge in [0.2, 0.25) is 0 Å². The van der Waals surface area contributed by atoms with Gasteiger partial charge in [0, 0.05) is 12.0 Å². The molecule has 3 rings (SSSR count). The van der Waals surface area contributed by atoms with E-state index in [1.807, 2.05) is 18.2 Å². The lowest BCUT2D eigenvalue weighted by molar-refractivity contribution is 0.0916. The Morgan fingerprint density at radius 1 is 1.09 bits per heavy atom. The first-order chi connectivity index (χ1) is 10.7. The monoisotopic (exact) mass is 295 g/mol. The summed E-state index contributed by atoms with van der Waals surface area (Å²) in [4.78, 5) is 16.7. The number of hydrogen-bond acceptors (Lipinski definition) is 3. The van der Waals surface area contributed by atoms with Crippen molar-refractivity contribution in [2.75, 3.05) is 0 Å². The molecule has 22 heavy (non-hydrogen) atoms. The van der Waals surface area contributed by atoms with Crippen LogP contribution in [0.2, 0.25) is 0 Å². The maximum Gasteiger partial charge on any atom is 0.187 e. The summed E-state index contributed by atoms with van der Waals surface area (Å²) in [6, 6.07) is 14.7. The molecule has 0 spiro atoms. The molecule has 0 amide bonds. The molecule has 1 unspecified atom stereocenters. The zero-order valence-electron chi connectivity index (χ0n) is 11.8. The molecule has 0 saturated carbocycles. The molecule has 0 aliphatic heterocycles. The SMILES string of the molecule is O=C(c1ccccc1)C(Cc1ccc(F)cc1)n1cncn1. The first-order valence-electron chi connectivity index (χ1n) is 6.92. The molecule has 0 bridgehead atoms. The zero-order valence-corrected chi connectivity index (χ0v) is 11.8. The van der Waals surface area contributed by atoms with Crippen LogP contribution >= 0.6 is 0 Å². The number of benzene rings is 2. The van der Waals surface area contributed by atoms with Gasteiger partial charge in [-0.25, -0.2) is 14.1 Å². The molecule has 110 valence electrons. The molecule has 2 aromatic carbocycles. The van der Waals surface area contributed by atoms with Gasteiger partial charge in [-0.1, -0.05) is 42.5 Å². The molecule has 1 atom stereocenters. The van der Waals surface area contributed by atoms with E-state index in [2.05, 4.69) is 10.1 Å². The minimum atomic E-state index is -0.504. The van der Waals surface area contributed by atoms with Crippen LogP contribution in [0.1, 0.15) is 22.0 Å². The van der Waals surface area contributed by atoms with Gasteiger partial charge in [0.25, 0.3) is 0 Å². The fourth-order valence-corrected chi connectivity index (χ4v) is 2.32. The van der Waals surface area contributed by atoms with Crippen LogP contribution in [-0.4, -0.2) is 20.5 Å². The van der Waals surface area contributed by atoms with E-state index < -0.39 is 6.04 Å². The summed E-state index contributed by atoms with van der Waals surface area (Å²) < 4.78 is 14.6. The molecule has 0 N–H and O–H groups in total. The summed E-state index contributed by atoms with van der Waals surface area (Å²) in [6.07, 6.45) is 3.35. The van der Waals surface area contributed by atoms with Gasteiger partial charge in [-0.3, -0.25) is 4.79 Å². The second-order valence-corrected chi connectivity index (χ2v) is 4.95. The molecule has 0 aliphatic carbocycles. The fraction of sp³-hybridized carbons (Fsp3) is 0.118. The number of nitrogens with zero attached hydrogens (tertiary/aromatic N) is 3. The van der Waals surface area contributed by atoms with Crippen molar-refractivity contribution in [2.45, 2.75) is 12.5 Å². The van der Waals surface area contributed by atoms with E-state index in [0.29, 0.717) is 12.0 Å². The molecule has 1 aromatic heterocycles. The molecule has 3 aromatic rings. The van der Waals surface area contributed by atoms with Crippen molar-refractivity contribution in [2.24, 2.45) is 0 Å². The highest BCUT2D eigenvalue weighted by Crippen LogP contribution is 2.19. The highest BCUT2D eigenvalue weighted by Gasteiger charge is 2.23. The lowest BCUT2D eigenvalue weighted by Crippen LogP contribution is -2.22. The highest BCUT2D eigenvalue weighted by molar-refractivity contribution is 5.99. The topological polar surface area (TPSA) is 47.8 Å². The molecular weight excluding hydrogens is 281 g/mol. The Morgan fingerprint density at radius 2 is 1.82 bits per heavy atom. The Balaban J connectivity index is 1.91. The summed E-state index contributed by atoms with van der Waals surface area (Å²) in [5, 5.41) is 4.09. The van der Waals surface area contributed by atoms with Gasteiger partial charge < -0.3 is 0 Å². The van der Waals surface area contributed by atoms with E-state index in [-0.39, 0.29) is 11.6 Å². The maximum atomic E-state index is 13.0. The molecule has 5 heteroatoms. The second-order valence-electron chi connectivity index (χ2n) is 4.95. The predicted octanol–water partition coefficient (Wildman–Crippen LogP) is 3.08. The van der Waals surface area contributed by atoms with Crippen LogP contribution < -0.4 is 0 Å². The van der Waals surface area contributed by atoms with Crippen LogP contribution in [0.3, 0.4) is 0 Å². The molecule has 0 radical (unpaired) electrons. The number of carbonyl (C=O) groups excluding carboxylic acids is 1. The fourth-order valence-electron chi connectivity index (χ4n) is 2.32. The van der Waals surface area contributed by atoms with Crippen LogP contribution in [0.15, 0.2) is 67.3 Å². The van der Waals surface area contributed by atoms with Gasteiger partial charge in [-0.05, 0) is 17.7 Å². The van der Waals surface area contributed by atoms with Crippen LogP contribution in [-0.2, 0) is 6.42 Å². The van der Waals surface area contributed by atoms with Crippen molar-refractivity contribution in [1.29, 1.82) is 0 Å². The first kappa shape index (κ1) is 14.1. The van der Waals surface area contributed by atoms with Gasteiger partial charge in [-0.2, -0.15) is 5.10 Å². The average Bonchev–Trinajstić information content (AvgIpc) is 3.09. The molecule has 4 nitrogen and oxygen atoms in total. The van der Waals surface area contributed by atoms with Crippen LogP contribution in [0.4, 0.5) is 4.39 Å². The molecular formula is C17H14FN3O. The molecule has 0 fully saturated rings. The van der Waals surface area contributed by atoms with Gasteiger partial charge in [-0.15, -0.1) is 0 Å². The lowest BCUT2D eigenvalue weighted by atomic mass is 9.98. The Kier molecular flexibility index (Phi) is 4.05. The summed E-state index contributed by atoms with van der Waals surface area (Å²) in [6.45, 7) is 0. The summed E-state index contributed by atoms with van der Waals surface area (Å²) in [5.74, 6) is -0.342. The quantitative estimate of drug-likeness (QED) is 0.680. The lowest BCUT2D eigenvalue weighted by Gasteiger charge is -2.16. The number of carbonyl (C=O) groups is 1. The molecule has 0 aliphatic rings. The van der Waals surface area contributed by atoms with Crippen molar-refractivity contribution >= 4 is 5.78 Å². The molecule has 1 heterocycles. The zero-order chi connectivity index (χ0) is 15.4. The van der Waals surface area contributed by atoms with E-state index in [9.17, 15) is 9.18 Å². The highest BCUT2D eigenvalue weighted by atomic mass is 19.1. The molecule has 0 saturated heterocycles. The van der Waals surface area contributed by atoms with Crippen molar-refractivity contribution in [1.82, 2.24) is 14.8 Å². The Morgan fingerprint density at radius 3 is 2.45 bits per heavy atom. The second kappa shape index (κ2) is 6.30. The van der Waals surface area contributed by atoms with Crippen molar-refractivity contribution in [3.63, 3.8) is 0 Å². The Hall–Kier alpha value is -2.82. The number of Topliss-reactive ketones (excluding diaryl/α,β-unsaturated/α-hetero) is 1. The predicted molar refractivity (Wildman–Crippen MR) is 79.9 cm³/mol. The van der Waals surface area contributed by atoms with E-state index in [4.69, 9.17) is 0 Å². The third-order valence-corrected chi connectivity index (χ3v) is 3.46. The largest absolute Gasteiger partial charge is 0.292 e. The summed E-state index contributed by atoms with van der Waals surface area (Å²) >= 11 is 0. The smallest absolute Gasteiger partial charge is 0.187 e. The maximum absolute atomic E-state index is 13.0. The third-order valence-electron chi connectivity index (χ3n) is 3.46. The summed E-state index contributed by atoms with van der Waals surface area (Å²) in [7, 11) is 0. The number of hydrogen-bond donors (Lipinski definition) is 0. The number of ketones is 1. The van der Waals surface area contributed by atoms with Crippen molar-refractivity contribution in [3.05, 3.63) is 84.2 Å². The minimum absolute atomic E-state index is 0.0459. The van der Waals surface area contributed by atoms with Crippen molar-refractivity contribution < 1.29 is 9.18 Å². The van der Waals surface area contributed by atoms with Gasteiger partial charge in [0.1, 0.15) is 24.5 Å². The van der Waals surface area contributed by atoms with Crippen LogP contribution in [0.5, 0.6) is 0 Å². The number of aromatic nitrogens is 3. The van der Waals surface area contributed by atoms with Gasteiger partial charge in [0.15, 0.2) is 5.78 Å². The van der Waals surface area contributed by atoms with Gasteiger partial charge in [0.05, 0.1) is 0 Å². The van der Waals surface area contributed by atoms with E-state index in [1.54, 1.807) is 28.9 Å². The minimum Gasteiger partial charge on any atom is -0.292 e. The Bertz CT molecular complexity index is 739. The Labute approximate surface area is 127 Å². The van der Waals surface area contributed by atoms with Crippen molar-refractivity contribution in [3.8, 4) is 0 Å². The number of halogens is 1. The van der Waals surface area contributed by atoms with E-state index in [1.165, 1.54) is 24.8 Å². The third kappa shape index (κ3) is 3.09. The summed E-state index contributed by atoms with van der Waals surface area (Å²) in [5.41, 5.74) is 1.48. The average molecular weight is 295 g/mol. The van der Waals surface area contributed by atoms with Crippen LogP contribution in [0.25, 0.3) is 0 Å². The first-order valence-corrected chi connectivity index (χ1v) is 6.92. The normalized spacial score (nSPS) is 12.0. The van der Waals surface area contributed by atoms with Gasteiger partial charge >= 0.3 is 0 Å². The van der Waals surface area contributed by atoms with E-state index >= 15 is 0 Å².